The van der Waals surface area contributed by atoms with Gasteiger partial charge >= 0.3 is 12.3 Å². The summed E-state index contributed by atoms with van der Waals surface area (Å²) in [7, 11) is 0. The SMILES string of the molecule is CC(=O)Nc1cn(C(=O)OC(C)(C)C)c2ccc(COC3CC(c4ccc(C(F)(F)F)cc4)C3)cc12. The Morgan fingerprint density at radius 2 is 1.72 bits per heavy atom. The van der Waals surface area contributed by atoms with E-state index < -0.39 is 23.4 Å². The molecule has 0 atom stereocenters. The molecular weight excluding hydrogens is 473 g/mol. The molecule has 0 radical (unpaired) electrons. The summed E-state index contributed by atoms with van der Waals surface area (Å²) in [5.74, 6) is -0.0855. The summed E-state index contributed by atoms with van der Waals surface area (Å²) in [5, 5.41) is 3.45. The zero-order valence-corrected chi connectivity index (χ0v) is 20.6. The van der Waals surface area contributed by atoms with Crippen LogP contribution in [-0.4, -0.2) is 28.3 Å². The maximum Gasteiger partial charge on any atom is 0.419 e. The highest BCUT2D eigenvalue weighted by Gasteiger charge is 2.33. The van der Waals surface area contributed by atoms with E-state index >= 15 is 0 Å². The predicted octanol–water partition coefficient (Wildman–Crippen LogP) is 6.86. The lowest BCUT2D eigenvalue weighted by atomic mass is 9.77. The molecule has 1 aliphatic rings. The van der Waals surface area contributed by atoms with Crippen molar-refractivity contribution >= 4 is 28.6 Å². The molecule has 1 fully saturated rings. The van der Waals surface area contributed by atoms with Crippen molar-refractivity contribution < 1.29 is 32.2 Å². The van der Waals surface area contributed by atoms with Gasteiger partial charge in [-0.05, 0) is 74.9 Å². The van der Waals surface area contributed by atoms with E-state index in [1.807, 2.05) is 12.1 Å². The zero-order valence-electron chi connectivity index (χ0n) is 20.6. The summed E-state index contributed by atoms with van der Waals surface area (Å²) in [4.78, 5) is 24.4. The molecule has 9 heteroatoms. The molecule has 6 nitrogen and oxygen atoms in total. The van der Waals surface area contributed by atoms with Gasteiger partial charge < -0.3 is 14.8 Å². The van der Waals surface area contributed by atoms with Crippen molar-refractivity contribution in [3.05, 3.63) is 65.4 Å². The fraction of sp³-hybridized carbons (Fsp3) is 0.407. The number of rotatable bonds is 5. The van der Waals surface area contributed by atoms with Crippen molar-refractivity contribution in [1.82, 2.24) is 4.57 Å². The van der Waals surface area contributed by atoms with Crippen molar-refractivity contribution in [3.63, 3.8) is 0 Å². The van der Waals surface area contributed by atoms with E-state index in [1.54, 1.807) is 33.0 Å². The number of halogens is 3. The Morgan fingerprint density at radius 3 is 2.31 bits per heavy atom. The first kappa shape index (κ1) is 25.8. The number of fused-ring (bicyclic) bond motifs is 1. The van der Waals surface area contributed by atoms with Gasteiger partial charge in [0.15, 0.2) is 0 Å². The number of carbonyl (C=O) groups is 2. The first-order valence-corrected chi connectivity index (χ1v) is 11.7. The Hall–Kier alpha value is -3.33. The Morgan fingerprint density at radius 1 is 1.06 bits per heavy atom. The standard InChI is InChI=1S/C27H29F3N2O4/c1-16(33)31-23-14-32(25(34)36-26(2,3)4)24-10-5-17(11-22(23)24)15-35-21-12-19(13-21)18-6-8-20(9-7-18)27(28,29)30/h5-11,14,19,21H,12-13,15H2,1-4H3,(H,31,33). The summed E-state index contributed by atoms with van der Waals surface area (Å²) < 4.78 is 51.2. The van der Waals surface area contributed by atoms with E-state index in [4.69, 9.17) is 9.47 Å². The minimum absolute atomic E-state index is 0.00849. The van der Waals surface area contributed by atoms with Gasteiger partial charge in [0.1, 0.15) is 5.60 Å². The normalized spacial score (nSPS) is 18.1. The van der Waals surface area contributed by atoms with E-state index in [-0.39, 0.29) is 17.9 Å². The molecule has 3 aromatic rings. The number of amides is 1. The van der Waals surface area contributed by atoms with E-state index in [2.05, 4.69) is 5.32 Å². The average Bonchev–Trinajstić information content (AvgIpc) is 3.08. The van der Waals surface area contributed by atoms with Crippen LogP contribution in [0.5, 0.6) is 0 Å². The van der Waals surface area contributed by atoms with E-state index in [0.29, 0.717) is 23.2 Å². The van der Waals surface area contributed by atoms with Gasteiger partial charge in [0.05, 0.1) is 29.5 Å². The maximum absolute atomic E-state index is 12.8. The molecule has 36 heavy (non-hydrogen) atoms. The Bertz CT molecular complexity index is 1270. The predicted molar refractivity (Wildman–Crippen MR) is 130 cm³/mol. The third kappa shape index (κ3) is 5.90. The summed E-state index contributed by atoms with van der Waals surface area (Å²) in [6, 6.07) is 10.8. The topological polar surface area (TPSA) is 69.6 Å². The van der Waals surface area contributed by atoms with Crippen molar-refractivity contribution in [1.29, 1.82) is 0 Å². The quantitative estimate of drug-likeness (QED) is 0.414. The largest absolute Gasteiger partial charge is 0.443 e. The first-order chi connectivity index (χ1) is 16.8. The molecule has 192 valence electrons. The highest BCUT2D eigenvalue weighted by Crippen LogP contribution is 2.40. The van der Waals surface area contributed by atoms with Crippen LogP contribution in [0.4, 0.5) is 23.7 Å². The fourth-order valence-corrected chi connectivity index (χ4v) is 4.25. The second kappa shape index (κ2) is 9.61. The van der Waals surface area contributed by atoms with E-state index in [9.17, 15) is 22.8 Å². The van der Waals surface area contributed by atoms with Crippen LogP contribution in [0.25, 0.3) is 10.9 Å². The fourth-order valence-electron chi connectivity index (χ4n) is 4.25. The van der Waals surface area contributed by atoms with Crippen molar-refractivity contribution in [2.24, 2.45) is 0 Å². The van der Waals surface area contributed by atoms with Gasteiger partial charge in [-0.1, -0.05) is 18.2 Å². The minimum Gasteiger partial charge on any atom is -0.443 e. The lowest BCUT2D eigenvalue weighted by molar-refractivity contribution is -0.137. The van der Waals surface area contributed by atoms with Gasteiger partial charge in [-0.2, -0.15) is 13.2 Å². The van der Waals surface area contributed by atoms with Gasteiger partial charge in [0, 0.05) is 18.5 Å². The van der Waals surface area contributed by atoms with Crippen molar-refractivity contribution in [3.8, 4) is 0 Å². The number of hydrogen-bond acceptors (Lipinski definition) is 4. The minimum atomic E-state index is -4.33. The highest BCUT2D eigenvalue weighted by atomic mass is 19.4. The number of anilines is 1. The van der Waals surface area contributed by atoms with Gasteiger partial charge in [-0.3, -0.25) is 9.36 Å². The molecule has 0 bridgehead atoms. The molecule has 0 aliphatic heterocycles. The molecule has 1 N–H and O–H groups in total. The second-order valence-electron chi connectivity index (χ2n) is 10.1. The monoisotopic (exact) mass is 502 g/mol. The molecule has 0 spiro atoms. The van der Waals surface area contributed by atoms with Crippen LogP contribution >= 0.6 is 0 Å². The summed E-state index contributed by atoms with van der Waals surface area (Å²) in [6.45, 7) is 7.07. The molecule has 2 aromatic carbocycles. The van der Waals surface area contributed by atoms with Crippen LogP contribution in [0.1, 0.15) is 63.1 Å². The molecule has 0 unspecified atom stereocenters. The van der Waals surface area contributed by atoms with Gasteiger partial charge in [-0.25, -0.2) is 4.79 Å². The highest BCUT2D eigenvalue weighted by molar-refractivity contribution is 6.04. The lowest BCUT2D eigenvalue weighted by Crippen LogP contribution is -2.29. The molecule has 1 aliphatic carbocycles. The van der Waals surface area contributed by atoms with Crippen LogP contribution in [0, 0.1) is 0 Å². The number of carbonyl (C=O) groups excluding carboxylic acids is 2. The summed E-state index contributed by atoms with van der Waals surface area (Å²) in [6.07, 6.45) is -1.85. The number of aromatic nitrogens is 1. The third-order valence-electron chi connectivity index (χ3n) is 6.06. The maximum atomic E-state index is 12.8. The Labute approximate surface area is 207 Å². The molecule has 1 aromatic heterocycles. The molecular formula is C27H29F3N2O4. The molecule has 1 amide bonds. The lowest BCUT2D eigenvalue weighted by Gasteiger charge is -2.35. The van der Waals surface area contributed by atoms with E-state index in [1.165, 1.54) is 23.6 Å². The first-order valence-electron chi connectivity index (χ1n) is 11.7. The third-order valence-corrected chi connectivity index (χ3v) is 6.06. The molecule has 4 rings (SSSR count). The van der Waals surface area contributed by atoms with Crippen LogP contribution in [-0.2, 0) is 27.1 Å². The van der Waals surface area contributed by atoms with Crippen LogP contribution < -0.4 is 5.32 Å². The number of nitrogens with one attached hydrogen (secondary N) is 1. The number of ether oxygens (including phenoxy) is 2. The van der Waals surface area contributed by atoms with Gasteiger partial charge in [0.2, 0.25) is 5.91 Å². The van der Waals surface area contributed by atoms with Crippen LogP contribution in [0.15, 0.2) is 48.7 Å². The molecule has 0 saturated heterocycles. The van der Waals surface area contributed by atoms with Crippen molar-refractivity contribution in [2.45, 2.75) is 70.9 Å². The molecule has 1 saturated carbocycles. The smallest absolute Gasteiger partial charge is 0.419 e. The van der Waals surface area contributed by atoms with Gasteiger partial charge in [-0.15, -0.1) is 0 Å². The zero-order chi connectivity index (χ0) is 26.3. The summed E-state index contributed by atoms with van der Waals surface area (Å²) in [5.41, 5.74) is 1.53. The van der Waals surface area contributed by atoms with Crippen LogP contribution in [0.2, 0.25) is 0 Å². The van der Waals surface area contributed by atoms with Gasteiger partial charge in [0.25, 0.3) is 0 Å². The van der Waals surface area contributed by atoms with E-state index in [0.717, 1.165) is 36.1 Å². The average molecular weight is 503 g/mol. The number of nitrogens with zero attached hydrogens (tertiary/aromatic N) is 1. The van der Waals surface area contributed by atoms with Crippen molar-refractivity contribution in [2.75, 3.05) is 5.32 Å². The number of benzene rings is 2. The number of alkyl halides is 3. The summed E-state index contributed by atoms with van der Waals surface area (Å²) >= 11 is 0. The number of hydrogen-bond donors (Lipinski definition) is 1. The Kier molecular flexibility index (Phi) is 6.88. The van der Waals surface area contributed by atoms with Crippen LogP contribution in [0.3, 0.4) is 0 Å². The second-order valence-corrected chi connectivity index (χ2v) is 10.1. The Balaban J connectivity index is 1.42. The molecule has 1 heterocycles.